The molecule has 2 saturated heterocycles. The van der Waals surface area contributed by atoms with Crippen molar-refractivity contribution in [2.45, 2.75) is 13.5 Å². The Morgan fingerprint density at radius 2 is 1.66 bits per heavy atom. The van der Waals surface area contributed by atoms with E-state index in [0.717, 1.165) is 70.3 Å². The van der Waals surface area contributed by atoms with Crippen LogP contribution >= 0.6 is 11.3 Å². The van der Waals surface area contributed by atoms with Crippen molar-refractivity contribution in [3.8, 4) is 0 Å². The van der Waals surface area contributed by atoms with Crippen LogP contribution in [0, 0.1) is 0 Å². The maximum absolute atomic E-state index is 12.5. The third-order valence-electron chi connectivity index (χ3n) is 6.02. The zero-order valence-corrected chi connectivity index (χ0v) is 19.3. The number of nitrogens with one attached hydrogen (secondary N) is 1. The van der Waals surface area contributed by atoms with Crippen LogP contribution in [0.3, 0.4) is 0 Å². The minimum Gasteiger partial charge on any atom is -0.375 e. The van der Waals surface area contributed by atoms with E-state index in [4.69, 9.17) is 5.73 Å². The number of hydrogen-bond acceptors (Lipinski definition) is 8. The minimum absolute atomic E-state index is 0.0107. The first-order chi connectivity index (χ1) is 15.5. The van der Waals surface area contributed by atoms with E-state index in [2.05, 4.69) is 25.0 Å². The number of nitrogens with zero attached hydrogens (tertiary/aromatic N) is 5. The Morgan fingerprint density at radius 3 is 2.25 bits per heavy atom. The van der Waals surface area contributed by atoms with E-state index in [-0.39, 0.29) is 11.8 Å². The summed E-state index contributed by atoms with van der Waals surface area (Å²) in [4.78, 5) is 38.0. The van der Waals surface area contributed by atoms with Gasteiger partial charge in [0, 0.05) is 88.3 Å². The second-order valence-corrected chi connectivity index (χ2v) is 9.45. The molecule has 172 valence electrons. The van der Waals surface area contributed by atoms with E-state index in [1.54, 1.807) is 6.92 Å². The highest BCUT2D eigenvalue weighted by Gasteiger charge is 2.21. The third-order valence-corrected chi connectivity index (χ3v) is 6.84. The minimum atomic E-state index is 0.0107. The van der Waals surface area contributed by atoms with Gasteiger partial charge in [-0.15, -0.1) is 11.3 Å². The Morgan fingerprint density at radius 1 is 1.00 bits per heavy atom. The molecule has 0 saturated carbocycles. The number of nitrogen functional groups attached to an aromatic ring is 1. The van der Waals surface area contributed by atoms with Crippen LogP contribution in [0.4, 0.5) is 16.5 Å². The number of thiazole rings is 1. The number of nitrogens with two attached hydrogens (primary N) is 1. The molecule has 0 atom stereocenters. The highest BCUT2D eigenvalue weighted by molar-refractivity contribution is 7.15. The van der Waals surface area contributed by atoms with Gasteiger partial charge in [0.15, 0.2) is 5.13 Å². The first kappa shape index (κ1) is 22.5. The normalized spacial score (nSPS) is 18.0. The molecule has 1 aromatic carbocycles. The van der Waals surface area contributed by atoms with Crippen molar-refractivity contribution < 1.29 is 9.59 Å². The highest BCUT2D eigenvalue weighted by atomic mass is 32.1. The van der Waals surface area contributed by atoms with Crippen molar-refractivity contribution in [2.75, 3.05) is 74.9 Å². The molecule has 4 rings (SSSR count). The molecule has 3 heterocycles. The van der Waals surface area contributed by atoms with Crippen molar-refractivity contribution in [1.29, 1.82) is 0 Å². The number of piperazine rings is 2. The summed E-state index contributed by atoms with van der Waals surface area (Å²) in [7, 11) is 0. The Kier molecular flexibility index (Phi) is 7.23. The predicted molar refractivity (Wildman–Crippen MR) is 128 cm³/mol. The van der Waals surface area contributed by atoms with Gasteiger partial charge in [0.1, 0.15) is 0 Å². The zero-order chi connectivity index (χ0) is 22.5. The predicted octanol–water partition coefficient (Wildman–Crippen LogP) is 1.15. The molecule has 0 radical (unpaired) electrons. The van der Waals surface area contributed by atoms with Crippen molar-refractivity contribution in [2.24, 2.45) is 0 Å². The molecular weight excluding hydrogens is 426 g/mol. The van der Waals surface area contributed by atoms with E-state index in [9.17, 15) is 9.59 Å². The van der Waals surface area contributed by atoms with E-state index < -0.39 is 0 Å². The topological polar surface area (TPSA) is 98.0 Å². The quantitative estimate of drug-likeness (QED) is 0.672. The fourth-order valence-electron chi connectivity index (χ4n) is 4.16. The van der Waals surface area contributed by atoms with Crippen LogP contribution in [0.1, 0.15) is 11.8 Å². The van der Waals surface area contributed by atoms with Crippen molar-refractivity contribution in [1.82, 2.24) is 19.7 Å². The average Bonchev–Trinajstić information content (AvgIpc) is 3.20. The Bertz CT molecular complexity index is 917. The molecule has 0 spiro atoms. The van der Waals surface area contributed by atoms with Crippen LogP contribution in [0.15, 0.2) is 30.5 Å². The monoisotopic (exact) mass is 457 g/mol. The van der Waals surface area contributed by atoms with Gasteiger partial charge in [-0.1, -0.05) is 0 Å². The summed E-state index contributed by atoms with van der Waals surface area (Å²) in [6.45, 7) is 9.63. The van der Waals surface area contributed by atoms with E-state index in [1.807, 2.05) is 35.4 Å². The maximum Gasteiger partial charge on any atom is 0.238 e. The van der Waals surface area contributed by atoms with Gasteiger partial charge in [-0.2, -0.15) is 0 Å². The summed E-state index contributed by atoms with van der Waals surface area (Å²) >= 11 is 1.53. The molecule has 2 fully saturated rings. The first-order valence-corrected chi connectivity index (χ1v) is 11.8. The largest absolute Gasteiger partial charge is 0.375 e. The maximum atomic E-state index is 12.5. The Balaban J connectivity index is 1.19. The molecule has 2 aliphatic rings. The SMILES string of the molecule is CC(=O)N1CCN(c2ccc(NC(=O)CN3CCN(Cc4cnc(N)s4)CC3)cc2)CC1. The third kappa shape index (κ3) is 5.96. The van der Waals surface area contributed by atoms with Crippen LogP contribution < -0.4 is 16.0 Å². The lowest BCUT2D eigenvalue weighted by molar-refractivity contribution is -0.129. The summed E-state index contributed by atoms with van der Waals surface area (Å²) in [5.41, 5.74) is 7.63. The van der Waals surface area contributed by atoms with Gasteiger partial charge in [0.2, 0.25) is 11.8 Å². The summed E-state index contributed by atoms with van der Waals surface area (Å²) in [5, 5.41) is 3.62. The van der Waals surface area contributed by atoms with Gasteiger partial charge in [-0.25, -0.2) is 4.98 Å². The molecule has 0 bridgehead atoms. The molecule has 0 aliphatic carbocycles. The molecular formula is C22H31N7O2S. The number of amides is 2. The lowest BCUT2D eigenvalue weighted by Crippen LogP contribution is -2.48. The summed E-state index contributed by atoms with van der Waals surface area (Å²) in [6.07, 6.45) is 1.84. The molecule has 10 heteroatoms. The van der Waals surface area contributed by atoms with Crippen LogP contribution in [-0.2, 0) is 16.1 Å². The molecule has 1 aromatic heterocycles. The van der Waals surface area contributed by atoms with E-state index in [0.29, 0.717) is 11.7 Å². The van der Waals surface area contributed by atoms with Crippen LogP contribution in [0.2, 0.25) is 0 Å². The number of carbonyl (C=O) groups is 2. The van der Waals surface area contributed by atoms with Gasteiger partial charge in [0.05, 0.1) is 6.54 Å². The number of benzene rings is 1. The van der Waals surface area contributed by atoms with E-state index in [1.165, 1.54) is 16.2 Å². The number of anilines is 3. The number of aromatic nitrogens is 1. The van der Waals surface area contributed by atoms with Gasteiger partial charge in [-0.05, 0) is 24.3 Å². The Labute approximate surface area is 192 Å². The fraction of sp³-hybridized carbons (Fsp3) is 0.500. The molecule has 2 aliphatic heterocycles. The summed E-state index contributed by atoms with van der Waals surface area (Å²) in [5.74, 6) is 0.144. The second kappa shape index (κ2) is 10.3. The first-order valence-electron chi connectivity index (χ1n) is 11.0. The number of hydrogen-bond donors (Lipinski definition) is 2. The Hall–Kier alpha value is -2.69. The molecule has 2 amide bonds. The molecule has 32 heavy (non-hydrogen) atoms. The second-order valence-electron chi connectivity index (χ2n) is 8.31. The standard InChI is InChI=1S/C22H31N7O2S/c1-17(30)28-10-12-29(13-11-28)19-4-2-18(3-5-19)25-21(31)16-27-8-6-26(7-9-27)15-20-14-24-22(23)32-20/h2-5,14H,6-13,15-16H2,1H3,(H2,23,24)(H,25,31). The van der Waals surface area contributed by atoms with Crippen molar-refractivity contribution >= 4 is 39.7 Å². The summed E-state index contributed by atoms with van der Waals surface area (Å²) < 4.78 is 0. The average molecular weight is 458 g/mol. The molecule has 2 aromatic rings. The molecule has 9 nitrogen and oxygen atoms in total. The van der Waals surface area contributed by atoms with Gasteiger partial charge in [0.25, 0.3) is 0 Å². The van der Waals surface area contributed by atoms with Gasteiger partial charge >= 0.3 is 0 Å². The molecule has 0 unspecified atom stereocenters. The van der Waals surface area contributed by atoms with Gasteiger partial charge < -0.3 is 20.9 Å². The lowest BCUT2D eigenvalue weighted by atomic mass is 10.2. The van der Waals surface area contributed by atoms with Crippen molar-refractivity contribution in [3.63, 3.8) is 0 Å². The van der Waals surface area contributed by atoms with Gasteiger partial charge in [-0.3, -0.25) is 19.4 Å². The van der Waals surface area contributed by atoms with Crippen LogP contribution in [-0.4, -0.2) is 90.4 Å². The smallest absolute Gasteiger partial charge is 0.238 e. The molecule has 3 N–H and O–H groups in total. The zero-order valence-electron chi connectivity index (χ0n) is 18.5. The van der Waals surface area contributed by atoms with E-state index >= 15 is 0 Å². The fourth-order valence-corrected chi connectivity index (χ4v) is 4.89. The number of rotatable bonds is 6. The lowest BCUT2D eigenvalue weighted by Gasteiger charge is -2.35. The highest BCUT2D eigenvalue weighted by Crippen LogP contribution is 2.20. The van der Waals surface area contributed by atoms with Crippen LogP contribution in [0.5, 0.6) is 0 Å². The number of carbonyl (C=O) groups excluding carboxylic acids is 2. The van der Waals surface area contributed by atoms with Crippen molar-refractivity contribution in [3.05, 3.63) is 35.3 Å². The van der Waals surface area contributed by atoms with Crippen LogP contribution in [0.25, 0.3) is 0 Å². The summed E-state index contributed by atoms with van der Waals surface area (Å²) in [6, 6.07) is 7.96.